The van der Waals surface area contributed by atoms with E-state index < -0.39 is 35.8 Å². The zero-order valence-corrected chi connectivity index (χ0v) is 11.3. The van der Waals surface area contributed by atoms with E-state index in [1.54, 1.807) is 13.8 Å². The molecule has 0 aromatic rings. The van der Waals surface area contributed by atoms with Crippen molar-refractivity contribution in [3.05, 3.63) is 0 Å². The number of carbonyl (C=O) groups excluding carboxylic acids is 3. The van der Waals surface area contributed by atoms with Gasteiger partial charge >= 0.3 is 12.0 Å². The summed E-state index contributed by atoms with van der Waals surface area (Å²) >= 11 is 0. The molecule has 2 atom stereocenters. The molecule has 4 amide bonds. The minimum Gasteiger partial charge on any atom is -0.481 e. The topological polar surface area (TPSA) is 107 Å². The van der Waals surface area contributed by atoms with Crippen molar-refractivity contribution in [1.82, 2.24) is 15.1 Å². The Morgan fingerprint density at radius 1 is 1.35 bits per heavy atom. The van der Waals surface area contributed by atoms with E-state index in [-0.39, 0.29) is 12.5 Å². The highest BCUT2D eigenvalue weighted by Gasteiger charge is 2.42. The summed E-state index contributed by atoms with van der Waals surface area (Å²) in [5.74, 6) is -2.48. The van der Waals surface area contributed by atoms with Gasteiger partial charge in [-0.3, -0.25) is 19.7 Å². The first kappa shape index (κ1) is 14.3. The highest BCUT2D eigenvalue weighted by atomic mass is 16.4. The van der Waals surface area contributed by atoms with Gasteiger partial charge in [-0.15, -0.1) is 0 Å². The zero-order valence-electron chi connectivity index (χ0n) is 11.3. The Bertz CT molecular complexity index is 472. The largest absolute Gasteiger partial charge is 0.481 e. The van der Waals surface area contributed by atoms with Gasteiger partial charge in [-0.05, 0) is 6.92 Å². The van der Waals surface area contributed by atoms with Gasteiger partial charge in [0, 0.05) is 19.0 Å². The van der Waals surface area contributed by atoms with E-state index >= 15 is 0 Å². The summed E-state index contributed by atoms with van der Waals surface area (Å²) in [5.41, 5.74) is 0. The fraction of sp³-hybridized carbons (Fsp3) is 0.667. The van der Waals surface area contributed by atoms with Crippen LogP contribution in [0.15, 0.2) is 0 Å². The maximum atomic E-state index is 12.2. The second-order valence-corrected chi connectivity index (χ2v) is 5.29. The molecular formula is C12H17N3O5. The monoisotopic (exact) mass is 283 g/mol. The molecule has 0 saturated carbocycles. The molecule has 2 aliphatic rings. The summed E-state index contributed by atoms with van der Waals surface area (Å²) in [6.07, 6.45) is 0. The molecule has 110 valence electrons. The third-order valence-electron chi connectivity index (χ3n) is 3.95. The van der Waals surface area contributed by atoms with E-state index in [0.717, 1.165) is 0 Å². The number of likely N-dealkylation sites (tertiary alicyclic amines) is 1. The number of rotatable bonds is 2. The van der Waals surface area contributed by atoms with Crippen LogP contribution in [0.3, 0.4) is 0 Å². The van der Waals surface area contributed by atoms with Gasteiger partial charge in [-0.1, -0.05) is 6.92 Å². The predicted molar refractivity (Wildman–Crippen MR) is 66.6 cm³/mol. The number of piperazine rings is 1. The minimum atomic E-state index is -0.886. The van der Waals surface area contributed by atoms with Crippen molar-refractivity contribution in [3.8, 4) is 0 Å². The zero-order chi connectivity index (χ0) is 15.0. The Balaban J connectivity index is 1.95. The molecule has 2 aliphatic heterocycles. The maximum absolute atomic E-state index is 12.2. The molecule has 0 aliphatic carbocycles. The molecule has 0 radical (unpaired) electrons. The van der Waals surface area contributed by atoms with Gasteiger partial charge in [0.1, 0.15) is 12.6 Å². The summed E-state index contributed by atoms with van der Waals surface area (Å²) < 4.78 is 0. The quantitative estimate of drug-likeness (QED) is 0.639. The van der Waals surface area contributed by atoms with Crippen LogP contribution in [0, 0.1) is 11.8 Å². The Morgan fingerprint density at radius 3 is 2.50 bits per heavy atom. The van der Waals surface area contributed by atoms with Gasteiger partial charge < -0.3 is 14.9 Å². The second kappa shape index (κ2) is 5.10. The predicted octanol–water partition coefficient (Wildman–Crippen LogP) is -0.894. The van der Waals surface area contributed by atoms with Crippen molar-refractivity contribution < 1.29 is 24.3 Å². The molecule has 2 saturated heterocycles. The first-order chi connectivity index (χ1) is 9.31. The number of urea groups is 1. The Labute approximate surface area is 115 Å². The lowest BCUT2D eigenvalue weighted by atomic mass is 9.87. The average molecular weight is 283 g/mol. The fourth-order valence-electron chi connectivity index (χ4n) is 2.32. The Morgan fingerprint density at radius 2 is 1.95 bits per heavy atom. The lowest BCUT2D eigenvalue weighted by Gasteiger charge is -2.45. The number of amides is 4. The standard InChI is InChI=1S/C12H17N3O5/c1-6(11(18)19)8-3-14(4-8)12(20)15-5-9(16)13-10(17)7(15)2/h6-8H,3-5H2,1-2H3,(H,18,19)(H,13,16,17). The van der Waals surface area contributed by atoms with Crippen molar-refractivity contribution in [2.75, 3.05) is 19.6 Å². The molecular weight excluding hydrogens is 266 g/mol. The van der Waals surface area contributed by atoms with Crippen molar-refractivity contribution in [2.45, 2.75) is 19.9 Å². The number of imide groups is 1. The van der Waals surface area contributed by atoms with E-state index in [1.807, 2.05) is 0 Å². The van der Waals surface area contributed by atoms with Crippen molar-refractivity contribution >= 4 is 23.8 Å². The lowest BCUT2D eigenvalue weighted by molar-refractivity contribution is -0.144. The molecule has 2 N–H and O–H groups in total. The first-order valence-electron chi connectivity index (χ1n) is 6.43. The third-order valence-corrected chi connectivity index (χ3v) is 3.95. The molecule has 2 rings (SSSR count). The van der Waals surface area contributed by atoms with Crippen LogP contribution in [0.4, 0.5) is 4.79 Å². The third kappa shape index (κ3) is 2.45. The fourth-order valence-corrected chi connectivity index (χ4v) is 2.32. The molecule has 8 nitrogen and oxygen atoms in total. The van der Waals surface area contributed by atoms with E-state index in [1.165, 1.54) is 9.80 Å². The number of nitrogens with one attached hydrogen (secondary N) is 1. The van der Waals surface area contributed by atoms with Gasteiger partial charge in [0.2, 0.25) is 11.8 Å². The van der Waals surface area contributed by atoms with Crippen molar-refractivity contribution in [2.24, 2.45) is 11.8 Å². The number of nitrogens with zero attached hydrogens (tertiary/aromatic N) is 2. The van der Waals surface area contributed by atoms with Crippen molar-refractivity contribution in [3.63, 3.8) is 0 Å². The van der Waals surface area contributed by atoms with Gasteiger partial charge in [0.05, 0.1) is 5.92 Å². The Hall–Kier alpha value is -2.12. The molecule has 0 aromatic carbocycles. The van der Waals surface area contributed by atoms with Crippen LogP contribution in [-0.4, -0.2) is 64.4 Å². The molecule has 0 aromatic heterocycles. The average Bonchev–Trinajstić information content (AvgIpc) is 2.31. The van der Waals surface area contributed by atoms with Crippen LogP contribution >= 0.6 is 0 Å². The maximum Gasteiger partial charge on any atom is 0.321 e. The van der Waals surface area contributed by atoms with E-state index in [0.29, 0.717) is 13.1 Å². The van der Waals surface area contributed by atoms with Gasteiger partial charge in [-0.2, -0.15) is 0 Å². The SMILES string of the molecule is CC(C(=O)O)C1CN(C(=O)N2CC(=O)NC(=O)C2C)C1. The smallest absolute Gasteiger partial charge is 0.321 e. The van der Waals surface area contributed by atoms with Crippen LogP contribution in [0.5, 0.6) is 0 Å². The summed E-state index contributed by atoms with van der Waals surface area (Å²) in [7, 11) is 0. The highest BCUT2D eigenvalue weighted by molar-refractivity contribution is 6.03. The minimum absolute atomic E-state index is 0.0823. The van der Waals surface area contributed by atoms with Crippen LogP contribution in [0.25, 0.3) is 0 Å². The summed E-state index contributed by atoms with van der Waals surface area (Å²) in [4.78, 5) is 48.5. The molecule has 20 heavy (non-hydrogen) atoms. The number of hydrogen-bond donors (Lipinski definition) is 2. The first-order valence-corrected chi connectivity index (χ1v) is 6.43. The highest BCUT2D eigenvalue weighted by Crippen LogP contribution is 2.25. The normalized spacial score (nSPS) is 25.0. The molecule has 0 spiro atoms. The van der Waals surface area contributed by atoms with Gasteiger partial charge in [0.25, 0.3) is 0 Å². The number of carbonyl (C=O) groups is 4. The molecule has 2 heterocycles. The van der Waals surface area contributed by atoms with Crippen LogP contribution in [0.1, 0.15) is 13.8 Å². The van der Waals surface area contributed by atoms with Crippen LogP contribution in [-0.2, 0) is 14.4 Å². The molecule has 0 bridgehead atoms. The number of carboxylic acid groups (broad SMARTS) is 1. The molecule has 2 fully saturated rings. The summed E-state index contributed by atoms with van der Waals surface area (Å²) in [5, 5.41) is 11.1. The summed E-state index contributed by atoms with van der Waals surface area (Å²) in [6.45, 7) is 3.68. The molecule has 8 heteroatoms. The number of hydrogen-bond acceptors (Lipinski definition) is 4. The van der Waals surface area contributed by atoms with Crippen molar-refractivity contribution in [1.29, 1.82) is 0 Å². The van der Waals surface area contributed by atoms with E-state index in [9.17, 15) is 19.2 Å². The molecule has 2 unspecified atom stereocenters. The number of carboxylic acids is 1. The number of aliphatic carboxylic acids is 1. The van der Waals surface area contributed by atoms with Crippen LogP contribution < -0.4 is 5.32 Å². The van der Waals surface area contributed by atoms with Crippen LogP contribution in [0.2, 0.25) is 0 Å². The Kier molecular flexibility index (Phi) is 3.65. The lowest BCUT2D eigenvalue weighted by Crippen LogP contribution is -2.64. The van der Waals surface area contributed by atoms with E-state index in [4.69, 9.17) is 5.11 Å². The summed E-state index contributed by atoms with van der Waals surface area (Å²) in [6, 6.07) is -1.09. The van der Waals surface area contributed by atoms with Gasteiger partial charge in [-0.25, -0.2) is 4.79 Å². The second-order valence-electron chi connectivity index (χ2n) is 5.29. The van der Waals surface area contributed by atoms with Gasteiger partial charge in [0.15, 0.2) is 0 Å². The van der Waals surface area contributed by atoms with E-state index in [2.05, 4.69) is 5.32 Å².